The molecule has 2 aromatic rings. The van der Waals surface area contributed by atoms with Crippen LogP contribution < -0.4 is 9.64 Å². The molecule has 1 aliphatic heterocycles. The number of benzene rings is 1. The van der Waals surface area contributed by atoms with Crippen LogP contribution in [0.3, 0.4) is 0 Å². The van der Waals surface area contributed by atoms with Gasteiger partial charge in [0.25, 0.3) is 5.91 Å². The average molecular weight is 428 g/mol. The first-order chi connectivity index (χ1) is 14.8. The minimum atomic E-state index is -0.701. The molecule has 7 nitrogen and oxygen atoms in total. The van der Waals surface area contributed by atoms with Gasteiger partial charge in [0.15, 0.2) is 11.5 Å². The van der Waals surface area contributed by atoms with Crippen molar-refractivity contribution in [3.63, 3.8) is 0 Å². The van der Waals surface area contributed by atoms with Crippen LogP contribution in [0.5, 0.6) is 5.75 Å². The molecule has 166 valence electrons. The summed E-state index contributed by atoms with van der Waals surface area (Å²) < 4.78 is 11.2. The van der Waals surface area contributed by atoms with Gasteiger partial charge in [-0.05, 0) is 43.2 Å². The highest BCUT2D eigenvalue weighted by atomic mass is 16.5. The first-order valence-corrected chi connectivity index (χ1v) is 10.7. The zero-order valence-electron chi connectivity index (χ0n) is 18.6. The predicted octanol–water partition coefficient (Wildman–Crippen LogP) is 2.49. The molecule has 0 aliphatic carbocycles. The van der Waals surface area contributed by atoms with Crippen molar-refractivity contribution in [1.82, 2.24) is 4.90 Å². The standard InChI is InChI=1S/C24H30N2O5/c1-5-14-30-18-9-6-8-17(15-18)21-20(22(27)19-11-10-16(2)31-19)23(28)24(29)26(21)13-7-12-25(3)4/h6,8-11,15,21,28H,5,7,12-14H2,1-4H3/p+1/t21-/m1/s1. The van der Waals surface area contributed by atoms with Crippen LogP contribution in [-0.4, -0.2) is 55.5 Å². The maximum Gasteiger partial charge on any atom is 0.290 e. The number of ketones is 1. The van der Waals surface area contributed by atoms with Crippen molar-refractivity contribution in [2.45, 2.75) is 32.7 Å². The van der Waals surface area contributed by atoms with E-state index in [1.807, 2.05) is 45.3 Å². The molecule has 1 aromatic heterocycles. The van der Waals surface area contributed by atoms with Crippen molar-refractivity contribution in [3.8, 4) is 5.75 Å². The van der Waals surface area contributed by atoms with Crippen LogP contribution in [0, 0.1) is 6.92 Å². The number of aliphatic hydroxyl groups excluding tert-OH is 1. The number of amides is 1. The molecule has 0 saturated carbocycles. The maximum atomic E-state index is 13.3. The van der Waals surface area contributed by atoms with Gasteiger partial charge in [-0.3, -0.25) is 9.59 Å². The fourth-order valence-electron chi connectivity index (χ4n) is 3.75. The topological polar surface area (TPSA) is 84.4 Å². The number of ether oxygens (including phenoxy) is 1. The van der Waals surface area contributed by atoms with E-state index >= 15 is 0 Å². The summed E-state index contributed by atoms with van der Waals surface area (Å²) >= 11 is 0. The van der Waals surface area contributed by atoms with E-state index in [2.05, 4.69) is 0 Å². The summed E-state index contributed by atoms with van der Waals surface area (Å²) in [5, 5.41) is 10.7. The fourth-order valence-corrected chi connectivity index (χ4v) is 3.75. The number of aliphatic hydroxyl groups is 1. The molecule has 0 radical (unpaired) electrons. The van der Waals surface area contributed by atoms with Crippen LogP contribution >= 0.6 is 0 Å². The maximum absolute atomic E-state index is 13.3. The van der Waals surface area contributed by atoms with Crippen LogP contribution in [0.4, 0.5) is 0 Å². The Hall–Kier alpha value is -3.06. The van der Waals surface area contributed by atoms with Gasteiger partial charge in [0.2, 0.25) is 5.78 Å². The minimum absolute atomic E-state index is 0.0455. The lowest BCUT2D eigenvalue weighted by Crippen LogP contribution is -3.05. The smallest absolute Gasteiger partial charge is 0.290 e. The van der Waals surface area contributed by atoms with Crippen LogP contribution in [0.1, 0.15) is 47.7 Å². The Morgan fingerprint density at radius 3 is 2.68 bits per heavy atom. The molecule has 31 heavy (non-hydrogen) atoms. The zero-order valence-corrected chi connectivity index (χ0v) is 18.6. The highest BCUT2D eigenvalue weighted by Crippen LogP contribution is 2.40. The second-order valence-corrected chi connectivity index (χ2v) is 8.13. The number of carbonyl (C=O) groups excluding carboxylic acids is 2. The van der Waals surface area contributed by atoms with Crippen LogP contribution in [0.25, 0.3) is 0 Å². The van der Waals surface area contributed by atoms with E-state index in [0.29, 0.717) is 24.7 Å². The Morgan fingerprint density at radius 2 is 2.03 bits per heavy atom. The van der Waals surface area contributed by atoms with Gasteiger partial charge in [-0.25, -0.2) is 0 Å². The zero-order chi connectivity index (χ0) is 22.5. The lowest BCUT2D eigenvalue weighted by atomic mass is 9.95. The molecule has 3 rings (SSSR count). The Kier molecular flexibility index (Phi) is 7.17. The summed E-state index contributed by atoms with van der Waals surface area (Å²) in [6.45, 7) is 5.62. The molecular weight excluding hydrogens is 396 g/mol. The molecule has 0 bridgehead atoms. The molecule has 1 aliphatic rings. The molecule has 2 heterocycles. The average Bonchev–Trinajstić information content (AvgIpc) is 3.28. The predicted molar refractivity (Wildman–Crippen MR) is 116 cm³/mol. The van der Waals surface area contributed by atoms with E-state index < -0.39 is 23.5 Å². The van der Waals surface area contributed by atoms with Gasteiger partial charge < -0.3 is 24.1 Å². The quantitative estimate of drug-likeness (QED) is 0.569. The van der Waals surface area contributed by atoms with Gasteiger partial charge in [0.05, 0.1) is 38.9 Å². The molecule has 0 unspecified atom stereocenters. The van der Waals surface area contributed by atoms with Crippen molar-refractivity contribution >= 4 is 11.7 Å². The van der Waals surface area contributed by atoms with E-state index in [0.717, 1.165) is 24.9 Å². The SMILES string of the molecule is CCCOc1cccc([C@@H]2C(C(=O)c3ccc(C)o3)=C(O)C(=O)N2CCC[NH+](C)C)c1. The number of aryl methyl sites for hydroxylation is 1. The Bertz CT molecular complexity index is 976. The monoisotopic (exact) mass is 427 g/mol. The van der Waals surface area contributed by atoms with Crippen molar-refractivity contribution in [2.75, 3.05) is 33.8 Å². The second kappa shape index (κ2) is 9.83. The number of nitrogens with zero attached hydrogens (tertiary/aromatic N) is 1. The third-order valence-electron chi connectivity index (χ3n) is 5.23. The van der Waals surface area contributed by atoms with Gasteiger partial charge in [-0.2, -0.15) is 0 Å². The number of rotatable bonds is 10. The van der Waals surface area contributed by atoms with Gasteiger partial charge >= 0.3 is 0 Å². The van der Waals surface area contributed by atoms with Gasteiger partial charge in [0, 0.05) is 13.0 Å². The van der Waals surface area contributed by atoms with E-state index in [4.69, 9.17) is 9.15 Å². The Morgan fingerprint density at radius 1 is 1.26 bits per heavy atom. The molecule has 1 amide bonds. The molecule has 7 heteroatoms. The first kappa shape index (κ1) is 22.6. The van der Waals surface area contributed by atoms with Crippen LogP contribution in [0.15, 0.2) is 52.1 Å². The summed E-state index contributed by atoms with van der Waals surface area (Å²) in [4.78, 5) is 29.1. The van der Waals surface area contributed by atoms with Crippen molar-refractivity contribution in [2.24, 2.45) is 0 Å². The summed E-state index contributed by atoms with van der Waals surface area (Å²) in [6, 6.07) is 9.91. The molecule has 0 spiro atoms. The first-order valence-electron chi connectivity index (χ1n) is 10.7. The number of furan rings is 1. The van der Waals surface area contributed by atoms with Gasteiger partial charge in [0.1, 0.15) is 11.5 Å². The Labute approximate surface area is 182 Å². The van der Waals surface area contributed by atoms with E-state index in [-0.39, 0.29) is 11.3 Å². The largest absolute Gasteiger partial charge is 0.503 e. The van der Waals surface area contributed by atoms with E-state index in [1.165, 1.54) is 4.90 Å². The van der Waals surface area contributed by atoms with Crippen molar-refractivity contribution in [3.05, 3.63) is 64.8 Å². The summed E-state index contributed by atoms with van der Waals surface area (Å²) in [6.07, 6.45) is 1.61. The third kappa shape index (κ3) is 4.99. The molecule has 2 N–H and O–H groups in total. The van der Waals surface area contributed by atoms with Crippen molar-refractivity contribution < 1.29 is 28.7 Å². The minimum Gasteiger partial charge on any atom is -0.503 e. The van der Waals surface area contributed by atoms with Crippen LogP contribution in [-0.2, 0) is 4.79 Å². The number of hydrogen-bond acceptors (Lipinski definition) is 5. The van der Waals surface area contributed by atoms with E-state index in [9.17, 15) is 14.7 Å². The fraction of sp³-hybridized carbons (Fsp3) is 0.417. The van der Waals surface area contributed by atoms with Gasteiger partial charge in [-0.1, -0.05) is 19.1 Å². The molecule has 1 aromatic carbocycles. The van der Waals surface area contributed by atoms with Gasteiger partial charge in [-0.15, -0.1) is 0 Å². The summed E-state index contributed by atoms with van der Waals surface area (Å²) in [7, 11) is 4.09. The summed E-state index contributed by atoms with van der Waals surface area (Å²) in [5.41, 5.74) is 0.763. The molecule has 1 atom stereocenters. The number of quaternary nitrogens is 1. The Balaban J connectivity index is 2.00. The van der Waals surface area contributed by atoms with Crippen LogP contribution in [0.2, 0.25) is 0 Å². The number of Topliss-reactive ketones (excluding diaryl/α,β-unsaturated/α-hetero) is 1. The van der Waals surface area contributed by atoms with E-state index in [1.54, 1.807) is 24.0 Å². The number of hydrogen-bond donors (Lipinski definition) is 2. The molecule has 0 saturated heterocycles. The lowest BCUT2D eigenvalue weighted by molar-refractivity contribution is -0.858. The highest BCUT2D eigenvalue weighted by Gasteiger charge is 2.44. The molecular formula is C24H31N2O5+. The lowest BCUT2D eigenvalue weighted by Gasteiger charge is -2.27. The highest BCUT2D eigenvalue weighted by molar-refractivity contribution is 6.15. The number of carbonyl (C=O) groups is 2. The second-order valence-electron chi connectivity index (χ2n) is 8.13. The third-order valence-corrected chi connectivity index (χ3v) is 5.23. The molecule has 0 fully saturated rings. The summed E-state index contributed by atoms with van der Waals surface area (Å²) in [5.74, 6) is -0.174. The normalized spacial score (nSPS) is 16.5. The number of nitrogens with one attached hydrogen (secondary N) is 1. The van der Waals surface area contributed by atoms with Crippen molar-refractivity contribution in [1.29, 1.82) is 0 Å².